The predicted molar refractivity (Wildman–Crippen MR) is 47.5 cm³/mol. The fourth-order valence-corrected chi connectivity index (χ4v) is 1.25. The van der Waals surface area contributed by atoms with Crippen molar-refractivity contribution in [1.82, 2.24) is 4.40 Å². The maximum Gasteiger partial charge on any atom is 0.0522 e. The van der Waals surface area contributed by atoms with Crippen LogP contribution in [0.1, 0.15) is 5.56 Å². The summed E-state index contributed by atoms with van der Waals surface area (Å²) in [5.74, 6) is 0. The van der Waals surface area contributed by atoms with Crippen LogP contribution in [0.4, 0.5) is 0 Å². The van der Waals surface area contributed by atoms with Gasteiger partial charge in [0, 0.05) is 12.4 Å². The minimum Gasteiger partial charge on any atom is -0.323 e. The third-order valence-electron chi connectivity index (χ3n) is 1.82. The van der Waals surface area contributed by atoms with E-state index >= 15 is 0 Å². The smallest absolute Gasteiger partial charge is 0.0522 e. The fraction of sp³-hybridized carbons (Fsp3) is 0. The third-order valence-corrected chi connectivity index (χ3v) is 1.82. The Kier molecular flexibility index (Phi) is 1.29. The lowest BCUT2D eigenvalue weighted by molar-refractivity contribution is 1.20. The lowest BCUT2D eigenvalue weighted by Crippen LogP contribution is -1.78. The predicted octanol–water partition coefficient (Wildman–Crippen LogP) is 2.58. The molecule has 2 aromatic rings. The minimum atomic E-state index is 1.19. The highest BCUT2D eigenvalue weighted by molar-refractivity contribution is 5.68. The molecule has 54 valence electrons. The van der Waals surface area contributed by atoms with E-state index in [1.807, 2.05) is 30.6 Å². The first-order valence-electron chi connectivity index (χ1n) is 3.60. The maximum absolute atomic E-state index is 3.74. The van der Waals surface area contributed by atoms with Crippen LogP contribution < -0.4 is 0 Å². The lowest BCUT2D eigenvalue weighted by atomic mass is 10.2. The second-order valence-electron chi connectivity index (χ2n) is 2.47. The number of hydrogen-bond donors (Lipinski definition) is 0. The molecule has 0 radical (unpaired) electrons. The monoisotopic (exact) mass is 143 g/mol. The van der Waals surface area contributed by atoms with Gasteiger partial charge >= 0.3 is 0 Å². The van der Waals surface area contributed by atoms with Gasteiger partial charge in [-0.3, -0.25) is 0 Å². The third kappa shape index (κ3) is 0.855. The molecule has 2 aromatic heterocycles. The molecule has 11 heavy (non-hydrogen) atoms. The van der Waals surface area contributed by atoms with Gasteiger partial charge in [0.1, 0.15) is 0 Å². The number of aromatic nitrogens is 1. The summed E-state index contributed by atoms with van der Waals surface area (Å²) >= 11 is 0. The standard InChI is InChI=1S/C10H9N/c1-2-9-6-8-11-7-4-3-5-10(9)11/h2-8H,1H2. The zero-order valence-corrected chi connectivity index (χ0v) is 6.20. The van der Waals surface area contributed by atoms with Gasteiger partial charge in [-0.15, -0.1) is 0 Å². The summed E-state index contributed by atoms with van der Waals surface area (Å²) in [6.45, 7) is 3.74. The Morgan fingerprint density at radius 2 is 2.09 bits per heavy atom. The Bertz CT molecular complexity index is 384. The Labute approximate surface area is 65.6 Å². The largest absolute Gasteiger partial charge is 0.323 e. The molecule has 0 N–H and O–H groups in total. The fourth-order valence-electron chi connectivity index (χ4n) is 1.25. The number of pyridine rings is 1. The molecular weight excluding hydrogens is 134 g/mol. The average molecular weight is 143 g/mol. The zero-order valence-electron chi connectivity index (χ0n) is 6.20. The molecule has 0 spiro atoms. The molecule has 0 aromatic carbocycles. The molecule has 1 nitrogen and oxygen atoms in total. The van der Waals surface area contributed by atoms with Crippen molar-refractivity contribution >= 4 is 11.6 Å². The van der Waals surface area contributed by atoms with Crippen LogP contribution in [0.25, 0.3) is 11.6 Å². The molecule has 0 saturated carbocycles. The molecule has 0 bridgehead atoms. The van der Waals surface area contributed by atoms with Gasteiger partial charge in [-0.2, -0.15) is 0 Å². The van der Waals surface area contributed by atoms with Gasteiger partial charge in [0.2, 0.25) is 0 Å². The molecule has 0 aliphatic heterocycles. The highest BCUT2D eigenvalue weighted by Gasteiger charge is 1.94. The van der Waals surface area contributed by atoms with Crippen LogP contribution in [0.5, 0.6) is 0 Å². The van der Waals surface area contributed by atoms with E-state index in [1.165, 1.54) is 11.1 Å². The van der Waals surface area contributed by atoms with Crippen molar-refractivity contribution in [2.75, 3.05) is 0 Å². The van der Waals surface area contributed by atoms with Gasteiger partial charge in [-0.05, 0) is 23.8 Å². The molecule has 2 rings (SSSR count). The first-order chi connectivity index (χ1) is 5.42. The summed E-state index contributed by atoms with van der Waals surface area (Å²) in [7, 11) is 0. The van der Waals surface area contributed by atoms with E-state index in [0.29, 0.717) is 0 Å². The number of hydrogen-bond acceptors (Lipinski definition) is 0. The van der Waals surface area contributed by atoms with E-state index in [9.17, 15) is 0 Å². The van der Waals surface area contributed by atoms with Crippen molar-refractivity contribution in [3.63, 3.8) is 0 Å². The minimum absolute atomic E-state index is 1.19. The second-order valence-corrected chi connectivity index (χ2v) is 2.47. The number of nitrogens with zero attached hydrogens (tertiary/aromatic N) is 1. The van der Waals surface area contributed by atoms with Crippen LogP contribution in [-0.2, 0) is 0 Å². The molecule has 0 aliphatic carbocycles. The molecule has 0 atom stereocenters. The molecule has 0 amide bonds. The van der Waals surface area contributed by atoms with Crippen LogP contribution in [0.3, 0.4) is 0 Å². The molecule has 0 saturated heterocycles. The normalized spacial score (nSPS) is 10.2. The van der Waals surface area contributed by atoms with E-state index in [1.54, 1.807) is 0 Å². The van der Waals surface area contributed by atoms with Crippen molar-refractivity contribution in [3.8, 4) is 0 Å². The molecule has 0 fully saturated rings. The highest BCUT2D eigenvalue weighted by atomic mass is 14.8. The maximum atomic E-state index is 3.74. The summed E-state index contributed by atoms with van der Waals surface area (Å²) < 4.78 is 2.08. The zero-order chi connectivity index (χ0) is 7.68. The van der Waals surface area contributed by atoms with E-state index in [4.69, 9.17) is 0 Å². The van der Waals surface area contributed by atoms with Crippen LogP contribution in [0, 0.1) is 0 Å². The quantitative estimate of drug-likeness (QED) is 0.578. The Morgan fingerprint density at radius 1 is 1.18 bits per heavy atom. The molecular formula is C10H9N. The van der Waals surface area contributed by atoms with Crippen molar-refractivity contribution in [2.24, 2.45) is 0 Å². The van der Waals surface area contributed by atoms with Gasteiger partial charge in [0.05, 0.1) is 5.52 Å². The summed E-state index contributed by atoms with van der Waals surface area (Å²) in [5.41, 5.74) is 2.40. The van der Waals surface area contributed by atoms with E-state index in [0.717, 1.165) is 0 Å². The van der Waals surface area contributed by atoms with Crippen molar-refractivity contribution < 1.29 is 0 Å². The summed E-state index contributed by atoms with van der Waals surface area (Å²) in [4.78, 5) is 0. The van der Waals surface area contributed by atoms with Crippen molar-refractivity contribution in [1.29, 1.82) is 0 Å². The lowest BCUT2D eigenvalue weighted by Gasteiger charge is -1.92. The first-order valence-corrected chi connectivity index (χ1v) is 3.60. The van der Waals surface area contributed by atoms with Gasteiger partial charge in [-0.25, -0.2) is 0 Å². The summed E-state index contributed by atoms with van der Waals surface area (Å²) in [6.07, 6.45) is 5.93. The van der Waals surface area contributed by atoms with E-state index < -0.39 is 0 Å². The van der Waals surface area contributed by atoms with Crippen molar-refractivity contribution in [2.45, 2.75) is 0 Å². The molecule has 2 heterocycles. The van der Waals surface area contributed by atoms with Crippen molar-refractivity contribution in [3.05, 3.63) is 48.8 Å². The van der Waals surface area contributed by atoms with E-state index in [2.05, 4.69) is 23.1 Å². The first kappa shape index (κ1) is 6.23. The Hall–Kier alpha value is -1.50. The van der Waals surface area contributed by atoms with E-state index in [-0.39, 0.29) is 0 Å². The summed E-state index contributed by atoms with van der Waals surface area (Å²) in [6, 6.07) is 8.18. The Balaban J connectivity index is 2.86. The SMILES string of the molecule is C=Cc1ccn2ccccc12. The van der Waals surface area contributed by atoms with Crippen LogP contribution in [-0.4, -0.2) is 4.40 Å². The number of rotatable bonds is 1. The van der Waals surface area contributed by atoms with Crippen LogP contribution in [0.2, 0.25) is 0 Å². The van der Waals surface area contributed by atoms with Gasteiger partial charge < -0.3 is 4.40 Å². The van der Waals surface area contributed by atoms with Crippen LogP contribution >= 0.6 is 0 Å². The van der Waals surface area contributed by atoms with Crippen LogP contribution in [0.15, 0.2) is 43.2 Å². The Morgan fingerprint density at radius 3 is 2.91 bits per heavy atom. The van der Waals surface area contributed by atoms with Gasteiger partial charge in [0.25, 0.3) is 0 Å². The van der Waals surface area contributed by atoms with Gasteiger partial charge in [-0.1, -0.05) is 18.7 Å². The summed E-state index contributed by atoms with van der Waals surface area (Å²) in [5, 5.41) is 0. The molecule has 0 unspecified atom stereocenters. The topological polar surface area (TPSA) is 4.41 Å². The second kappa shape index (κ2) is 2.27. The molecule has 1 heteroatoms. The average Bonchev–Trinajstić information content (AvgIpc) is 2.47. The number of fused-ring (bicyclic) bond motifs is 1. The molecule has 0 aliphatic rings. The highest BCUT2D eigenvalue weighted by Crippen LogP contribution is 2.12. The van der Waals surface area contributed by atoms with Gasteiger partial charge in [0.15, 0.2) is 0 Å².